The van der Waals surface area contributed by atoms with Crippen molar-refractivity contribution < 1.29 is 14.3 Å². The van der Waals surface area contributed by atoms with Crippen LogP contribution in [0.2, 0.25) is 0 Å². The molecular formula is C12H20N2O3. The van der Waals surface area contributed by atoms with Gasteiger partial charge in [0, 0.05) is 12.0 Å². The maximum absolute atomic E-state index is 11.7. The van der Waals surface area contributed by atoms with E-state index in [-0.39, 0.29) is 11.3 Å². The van der Waals surface area contributed by atoms with Gasteiger partial charge in [0.15, 0.2) is 0 Å². The molecule has 5 heteroatoms. The molecule has 0 aromatic rings. The molecule has 2 aliphatic rings. The van der Waals surface area contributed by atoms with Gasteiger partial charge in [-0.15, -0.1) is 0 Å². The number of carbonyl (C=O) groups excluding carboxylic acids is 2. The fraction of sp³-hybridized carbons (Fsp3) is 0.833. The van der Waals surface area contributed by atoms with Crippen molar-refractivity contribution in [2.75, 3.05) is 6.54 Å². The molecule has 5 nitrogen and oxygen atoms in total. The van der Waals surface area contributed by atoms with Crippen LogP contribution in [-0.2, 0) is 9.53 Å². The lowest BCUT2D eigenvalue weighted by Crippen LogP contribution is -2.53. The quantitative estimate of drug-likeness (QED) is 0.723. The Kier molecular flexibility index (Phi) is 2.79. The summed E-state index contributed by atoms with van der Waals surface area (Å²) in [5.74, 6) is -0.0874. The molecule has 2 rings (SSSR count). The SMILES string of the molecule is CC(C)(C)OC(=O)NC1C(=O)NCC12CCC2. The first-order valence-corrected chi connectivity index (χ1v) is 6.10. The largest absolute Gasteiger partial charge is 0.444 e. The third kappa shape index (κ3) is 2.37. The van der Waals surface area contributed by atoms with Gasteiger partial charge >= 0.3 is 6.09 Å². The molecule has 1 heterocycles. The highest BCUT2D eigenvalue weighted by atomic mass is 16.6. The highest BCUT2D eigenvalue weighted by molar-refractivity contribution is 5.89. The molecule has 1 saturated carbocycles. The van der Waals surface area contributed by atoms with Gasteiger partial charge in [-0.1, -0.05) is 6.42 Å². The number of amides is 2. The van der Waals surface area contributed by atoms with E-state index in [1.165, 1.54) is 0 Å². The van der Waals surface area contributed by atoms with Gasteiger partial charge in [0.25, 0.3) is 0 Å². The molecule has 96 valence electrons. The highest BCUT2D eigenvalue weighted by Gasteiger charge is 2.52. The van der Waals surface area contributed by atoms with Gasteiger partial charge in [-0.2, -0.15) is 0 Å². The van der Waals surface area contributed by atoms with Crippen LogP contribution >= 0.6 is 0 Å². The van der Waals surface area contributed by atoms with Crippen molar-refractivity contribution in [3.05, 3.63) is 0 Å². The van der Waals surface area contributed by atoms with Crippen LogP contribution in [0, 0.1) is 5.41 Å². The number of nitrogens with one attached hydrogen (secondary N) is 2. The van der Waals surface area contributed by atoms with E-state index < -0.39 is 17.7 Å². The lowest BCUT2D eigenvalue weighted by atomic mass is 9.65. The topological polar surface area (TPSA) is 67.4 Å². The monoisotopic (exact) mass is 240 g/mol. The van der Waals surface area contributed by atoms with E-state index in [1.807, 2.05) is 0 Å². The molecule has 1 atom stereocenters. The molecule has 0 radical (unpaired) electrons. The first-order chi connectivity index (χ1) is 7.82. The van der Waals surface area contributed by atoms with E-state index in [0.29, 0.717) is 6.54 Å². The summed E-state index contributed by atoms with van der Waals surface area (Å²) < 4.78 is 5.18. The molecule has 0 aromatic heterocycles. The molecule has 1 spiro atoms. The number of hydrogen-bond acceptors (Lipinski definition) is 3. The van der Waals surface area contributed by atoms with Crippen molar-refractivity contribution in [1.29, 1.82) is 0 Å². The minimum Gasteiger partial charge on any atom is -0.444 e. The average molecular weight is 240 g/mol. The molecule has 2 N–H and O–H groups in total. The Labute approximate surface area is 101 Å². The molecule has 2 amide bonds. The zero-order valence-corrected chi connectivity index (χ0v) is 10.6. The van der Waals surface area contributed by atoms with E-state index >= 15 is 0 Å². The first-order valence-electron chi connectivity index (χ1n) is 6.10. The Balaban J connectivity index is 1.97. The van der Waals surface area contributed by atoms with Crippen LogP contribution < -0.4 is 10.6 Å². The minimum atomic E-state index is -0.536. The standard InChI is InChI=1S/C12H20N2O3/c1-11(2,3)17-10(16)14-8-9(15)13-7-12(8)5-4-6-12/h8H,4-7H2,1-3H3,(H,13,15)(H,14,16). The predicted octanol–water partition coefficient (Wildman–Crippen LogP) is 1.18. The van der Waals surface area contributed by atoms with Gasteiger partial charge < -0.3 is 15.4 Å². The third-order valence-corrected chi connectivity index (χ3v) is 3.50. The lowest BCUT2D eigenvalue weighted by molar-refractivity contribution is -0.122. The number of carbonyl (C=O) groups is 2. The smallest absolute Gasteiger partial charge is 0.408 e. The van der Waals surface area contributed by atoms with E-state index in [1.54, 1.807) is 20.8 Å². The molecule has 0 aromatic carbocycles. The van der Waals surface area contributed by atoms with Gasteiger partial charge in [0.1, 0.15) is 11.6 Å². The Morgan fingerprint density at radius 1 is 1.47 bits per heavy atom. The highest BCUT2D eigenvalue weighted by Crippen LogP contribution is 2.45. The number of alkyl carbamates (subject to hydrolysis) is 1. The van der Waals surface area contributed by atoms with E-state index in [9.17, 15) is 9.59 Å². The summed E-state index contributed by atoms with van der Waals surface area (Å²) in [6.45, 7) is 6.09. The molecule has 1 aliphatic heterocycles. The van der Waals surface area contributed by atoms with Crippen LogP contribution in [0.4, 0.5) is 4.79 Å². The van der Waals surface area contributed by atoms with Crippen molar-refractivity contribution in [2.45, 2.75) is 51.7 Å². The Hall–Kier alpha value is -1.26. The van der Waals surface area contributed by atoms with Crippen LogP contribution in [0.5, 0.6) is 0 Å². The Bertz CT molecular complexity index is 342. The number of rotatable bonds is 1. The summed E-state index contributed by atoms with van der Waals surface area (Å²) in [4.78, 5) is 23.4. The van der Waals surface area contributed by atoms with Crippen molar-refractivity contribution in [3.8, 4) is 0 Å². The fourth-order valence-corrected chi connectivity index (χ4v) is 2.49. The Morgan fingerprint density at radius 2 is 2.12 bits per heavy atom. The van der Waals surface area contributed by atoms with Crippen LogP contribution in [0.1, 0.15) is 40.0 Å². The minimum absolute atomic E-state index is 0.0615. The maximum Gasteiger partial charge on any atom is 0.408 e. The van der Waals surface area contributed by atoms with Gasteiger partial charge in [-0.3, -0.25) is 4.79 Å². The molecule has 1 saturated heterocycles. The molecule has 17 heavy (non-hydrogen) atoms. The summed E-state index contributed by atoms with van der Waals surface area (Å²) in [5, 5.41) is 5.53. The van der Waals surface area contributed by atoms with Crippen molar-refractivity contribution in [3.63, 3.8) is 0 Å². The zero-order valence-electron chi connectivity index (χ0n) is 10.6. The molecule has 1 unspecified atom stereocenters. The van der Waals surface area contributed by atoms with Crippen molar-refractivity contribution in [1.82, 2.24) is 10.6 Å². The molecule has 2 fully saturated rings. The van der Waals surface area contributed by atoms with Crippen LogP contribution in [0.3, 0.4) is 0 Å². The summed E-state index contributed by atoms with van der Waals surface area (Å²) in [6.07, 6.45) is 2.60. The van der Waals surface area contributed by atoms with E-state index in [4.69, 9.17) is 4.74 Å². The third-order valence-electron chi connectivity index (χ3n) is 3.50. The van der Waals surface area contributed by atoms with E-state index in [0.717, 1.165) is 19.3 Å². The predicted molar refractivity (Wildman–Crippen MR) is 62.5 cm³/mol. The number of hydrogen-bond donors (Lipinski definition) is 2. The van der Waals surface area contributed by atoms with Gasteiger partial charge in [-0.25, -0.2) is 4.79 Å². The first kappa shape index (κ1) is 12.2. The molecule has 1 aliphatic carbocycles. The van der Waals surface area contributed by atoms with Crippen molar-refractivity contribution >= 4 is 12.0 Å². The number of ether oxygens (including phenoxy) is 1. The molecular weight excluding hydrogens is 220 g/mol. The average Bonchev–Trinajstić information content (AvgIpc) is 2.40. The summed E-state index contributed by atoms with van der Waals surface area (Å²) in [5.41, 5.74) is -0.597. The van der Waals surface area contributed by atoms with Crippen LogP contribution in [-0.4, -0.2) is 30.2 Å². The van der Waals surface area contributed by atoms with Crippen molar-refractivity contribution in [2.24, 2.45) is 5.41 Å². The van der Waals surface area contributed by atoms with Gasteiger partial charge in [0.05, 0.1) is 0 Å². The summed E-state index contributed by atoms with van der Waals surface area (Å²) in [7, 11) is 0. The van der Waals surface area contributed by atoms with Gasteiger partial charge in [0.2, 0.25) is 5.91 Å². The lowest BCUT2D eigenvalue weighted by Gasteiger charge is -2.41. The maximum atomic E-state index is 11.7. The fourth-order valence-electron chi connectivity index (χ4n) is 2.49. The second kappa shape index (κ2) is 3.89. The Morgan fingerprint density at radius 3 is 2.59 bits per heavy atom. The molecule has 0 bridgehead atoms. The normalized spacial score (nSPS) is 26.3. The van der Waals surface area contributed by atoms with Crippen LogP contribution in [0.25, 0.3) is 0 Å². The van der Waals surface area contributed by atoms with Crippen LogP contribution in [0.15, 0.2) is 0 Å². The zero-order chi connectivity index (χ0) is 12.7. The summed E-state index contributed by atoms with van der Waals surface area (Å²) >= 11 is 0. The van der Waals surface area contributed by atoms with Gasteiger partial charge in [-0.05, 0) is 33.6 Å². The van der Waals surface area contributed by atoms with E-state index in [2.05, 4.69) is 10.6 Å². The second-order valence-corrected chi connectivity index (χ2v) is 6.01. The second-order valence-electron chi connectivity index (χ2n) is 6.01. The summed E-state index contributed by atoms with van der Waals surface area (Å²) in [6, 6.07) is -0.425.